The maximum absolute atomic E-state index is 13.1. The summed E-state index contributed by atoms with van der Waals surface area (Å²) in [6.45, 7) is 9.51. The van der Waals surface area contributed by atoms with Gasteiger partial charge in [0, 0.05) is 17.8 Å². The Morgan fingerprint density at radius 1 is 1.00 bits per heavy atom. The van der Waals surface area contributed by atoms with Crippen LogP contribution in [0.2, 0.25) is 0 Å². The maximum Gasteiger partial charge on any atom is 0.255 e. The normalized spacial score (nSPS) is 12.6. The van der Waals surface area contributed by atoms with E-state index in [2.05, 4.69) is 51.2 Å². The van der Waals surface area contributed by atoms with Gasteiger partial charge in [0.1, 0.15) is 5.82 Å². The molecule has 4 heteroatoms. The van der Waals surface area contributed by atoms with E-state index in [0.717, 1.165) is 36.2 Å². The standard InChI is InChI=1S/C27H35FN2O/c1-19(2)25(8-7-20(3)18-30(5)6)17-21(4)29-27(31)24-11-9-22(10-12-24)23-13-15-26(28)16-14-23/h9-17,20H,7-8,18H2,1-6H3,(H,29,31). The molecule has 2 aromatic carbocycles. The monoisotopic (exact) mass is 422 g/mol. The predicted octanol–water partition coefficient (Wildman–Crippen LogP) is 6.44. The van der Waals surface area contributed by atoms with Crippen molar-refractivity contribution in [3.8, 4) is 11.1 Å². The summed E-state index contributed by atoms with van der Waals surface area (Å²) in [5.41, 5.74) is 5.84. The number of amides is 1. The van der Waals surface area contributed by atoms with Crippen molar-refractivity contribution in [3.05, 3.63) is 82.8 Å². The molecule has 1 N–H and O–H groups in total. The molecule has 2 rings (SSSR count). The van der Waals surface area contributed by atoms with Gasteiger partial charge in [-0.3, -0.25) is 4.79 Å². The molecule has 31 heavy (non-hydrogen) atoms. The minimum Gasteiger partial charge on any atom is -0.326 e. The molecule has 0 radical (unpaired) electrons. The summed E-state index contributed by atoms with van der Waals surface area (Å²) >= 11 is 0. The fourth-order valence-electron chi connectivity index (χ4n) is 3.59. The van der Waals surface area contributed by atoms with Crippen LogP contribution in [-0.4, -0.2) is 31.4 Å². The van der Waals surface area contributed by atoms with Crippen LogP contribution >= 0.6 is 0 Å². The molecule has 2 aromatic rings. The third-order valence-corrected chi connectivity index (χ3v) is 5.25. The molecule has 0 spiro atoms. The van der Waals surface area contributed by atoms with Crippen molar-refractivity contribution >= 4 is 5.91 Å². The minimum atomic E-state index is -0.259. The molecular weight excluding hydrogens is 387 g/mol. The molecule has 0 saturated carbocycles. The van der Waals surface area contributed by atoms with Crippen LogP contribution in [0.1, 0.15) is 50.9 Å². The maximum atomic E-state index is 13.1. The fraction of sp³-hybridized carbons (Fsp3) is 0.370. The third kappa shape index (κ3) is 8.14. The molecule has 166 valence electrons. The number of halogens is 1. The largest absolute Gasteiger partial charge is 0.326 e. The molecule has 1 unspecified atom stereocenters. The van der Waals surface area contributed by atoms with Crippen LogP contribution in [0.5, 0.6) is 0 Å². The Hall–Kier alpha value is -2.72. The van der Waals surface area contributed by atoms with Gasteiger partial charge in [0.25, 0.3) is 5.91 Å². The van der Waals surface area contributed by atoms with Crippen LogP contribution in [0.25, 0.3) is 11.1 Å². The highest BCUT2D eigenvalue weighted by molar-refractivity contribution is 5.95. The quantitative estimate of drug-likeness (QED) is 0.472. The number of benzene rings is 2. The van der Waals surface area contributed by atoms with E-state index >= 15 is 0 Å². The number of rotatable bonds is 9. The molecule has 0 aliphatic rings. The highest BCUT2D eigenvalue weighted by Crippen LogP contribution is 2.21. The molecule has 0 saturated heterocycles. The summed E-state index contributed by atoms with van der Waals surface area (Å²) in [6.07, 6.45) is 4.20. The highest BCUT2D eigenvalue weighted by atomic mass is 19.1. The van der Waals surface area contributed by atoms with E-state index in [0.29, 0.717) is 11.5 Å². The van der Waals surface area contributed by atoms with Crippen molar-refractivity contribution in [3.63, 3.8) is 0 Å². The van der Waals surface area contributed by atoms with E-state index in [1.165, 1.54) is 23.3 Å². The summed E-state index contributed by atoms with van der Waals surface area (Å²) in [7, 11) is 4.20. The average molecular weight is 423 g/mol. The van der Waals surface area contributed by atoms with Crippen molar-refractivity contribution in [1.82, 2.24) is 10.2 Å². The number of carbonyl (C=O) groups is 1. The third-order valence-electron chi connectivity index (χ3n) is 5.25. The van der Waals surface area contributed by atoms with E-state index < -0.39 is 0 Å². The fourth-order valence-corrected chi connectivity index (χ4v) is 3.59. The van der Waals surface area contributed by atoms with Crippen molar-refractivity contribution in [2.75, 3.05) is 20.6 Å². The lowest BCUT2D eigenvalue weighted by atomic mass is 9.97. The summed E-state index contributed by atoms with van der Waals surface area (Å²) in [5, 5.41) is 3.00. The first-order valence-electron chi connectivity index (χ1n) is 10.8. The summed E-state index contributed by atoms with van der Waals surface area (Å²) in [4.78, 5) is 14.9. The van der Waals surface area contributed by atoms with Crippen LogP contribution < -0.4 is 5.32 Å². The molecule has 0 bridgehead atoms. The topological polar surface area (TPSA) is 32.3 Å². The Balaban J connectivity index is 2.01. The lowest BCUT2D eigenvalue weighted by Crippen LogP contribution is -2.21. The predicted molar refractivity (Wildman–Crippen MR) is 128 cm³/mol. The number of hydrogen-bond acceptors (Lipinski definition) is 2. The Morgan fingerprint density at radius 3 is 2.06 bits per heavy atom. The lowest BCUT2D eigenvalue weighted by molar-refractivity contribution is 0.0966. The first-order valence-corrected chi connectivity index (χ1v) is 10.8. The van der Waals surface area contributed by atoms with Gasteiger partial charge < -0.3 is 10.2 Å². The van der Waals surface area contributed by atoms with Crippen LogP contribution in [0, 0.1) is 11.7 Å². The molecule has 1 atom stereocenters. The minimum absolute atomic E-state index is 0.131. The highest BCUT2D eigenvalue weighted by Gasteiger charge is 2.09. The zero-order valence-corrected chi connectivity index (χ0v) is 19.6. The summed E-state index contributed by atoms with van der Waals surface area (Å²) in [6, 6.07) is 13.7. The van der Waals surface area contributed by atoms with Crippen molar-refractivity contribution < 1.29 is 9.18 Å². The second-order valence-electron chi connectivity index (χ2n) is 8.80. The summed E-state index contributed by atoms with van der Waals surface area (Å²) in [5.74, 6) is 0.227. The molecule has 0 heterocycles. The van der Waals surface area contributed by atoms with Gasteiger partial charge in [-0.15, -0.1) is 0 Å². The smallest absolute Gasteiger partial charge is 0.255 e. The summed E-state index contributed by atoms with van der Waals surface area (Å²) < 4.78 is 13.1. The first-order chi connectivity index (χ1) is 14.7. The molecular formula is C27H35FN2O. The second kappa shape index (κ2) is 11.6. The average Bonchev–Trinajstić information content (AvgIpc) is 2.71. The van der Waals surface area contributed by atoms with Gasteiger partial charge in [-0.1, -0.05) is 36.8 Å². The number of hydrogen-bond donors (Lipinski definition) is 1. The SMILES string of the molecule is CC(=CC(CCC(C)CN(C)C)=C(C)C)NC(=O)c1ccc(-c2ccc(F)cc2)cc1. The second-order valence-corrected chi connectivity index (χ2v) is 8.80. The lowest BCUT2D eigenvalue weighted by Gasteiger charge is -2.17. The van der Waals surface area contributed by atoms with Gasteiger partial charge in [-0.2, -0.15) is 0 Å². The first kappa shape index (κ1) is 24.5. The van der Waals surface area contributed by atoms with Crippen LogP contribution in [0.15, 0.2) is 71.5 Å². The van der Waals surface area contributed by atoms with E-state index in [9.17, 15) is 9.18 Å². The van der Waals surface area contributed by atoms with Crippen molar-refractivity contribution in [2.24, 2.45) is 5.92 Å². The van der Waals surface area contributed by atoms with Gasteiger partial charge >= 0.3 is 0 Å². The molecule has 0 aliphatic carbocycles. The van der Waals surface area contributed by atoms with Crippen molar-refractivity contribution in [2.45, 2.75) is 40.5 Å². The van der Waals surface area contributed by atoms with Crippen molar-refractivity contribution in [1.29, 1.82) is 0 Å². The Bertz CT molecular complexity index is 921. The van der Waals surface area contributed by atoms with E-state index in [1.807, 2.05) is 19.1 Å². The van der Waals surface area contributed by atoms with Gasteiger partial charge in [0.15, 0.2) is 0 Å². The zero-order chi connectivity index (χ0) is 23.0. The van der Waals surface area contributed by atoms with Gasteiger partial charge in [-0.05, 0) is 101 Å². The van der Waals surface area contributed by atoms with E-state index in [-0.39, 0.29) is 11.7 Å². The zero-order valence-electron chi connectivity index (χ0n) is 19.6. The number of nitrogens with zero attached hydrogens (tertiary/aromatic N) is 1. The Morgan fingerprint density at radius 2 is 1.55 bits per heavy atom. The molecule has 0 aliphatic heterocycles. The van der Waals surface area contributed by atoms with Crippen LogP contribution in [-0.2, 0) is 0 Å². The van der Waals surface area contributed by atoms with Gasteiger partial charge in [0.05, 0.1) is 0 Å². The Labute approximate surface area is 186 Å². The Kier molecular flexibility index (Phi) is 9.20. The van der Waals surface area contributed by atoms with E-state index in [4.69, 9.17) is 0 Å². The number of nitrogens with one attached hydrogen (secondary N) is 1. The van der Waals surface area contributed by atoms with Gasteiger partial charge in [0.2, 0.25) is 0 Å². The van der Waals surface area contributed by atoms with E-state index in [1.54, 1.807) is 24.3 Å². The number of allylic oxidation sites excluding steroid dienone is 4. The molecule has 1 amide bonds. The van der Waals surface area contributed by atoms with Gasteiger partial charge in [-0.25, -0.2) is 4.39 Å². The molecule has 3 nitrogen and oxygen atoms in total. The van der Waals surface area contributed by atoms with Crippen LogP contribution in [0.3, 0.4) is 0 Å². The molecule has 0 fully saturated rings. The number of carbonyl (C=O) groups excluding carboxylic acids is 1. The van der Waals surface area contributed by atoms with Crippen LogP contribution in [0.4, 0.5) is 4.39 Å². The molecule has 0 aromatic heterocycles.